The summed E-state index contributed by atoms with van der Waals surface area (Å²) in [5.74, 6) is 0.745. The molecule has 58 heavy (non-hydrogen) atoms. The van der Waals surface area contributed by atoms with E-state index in [1.54, 1.807) is 34.9 Å². The third-order valence-electron chi connectivity index (χ3n) is 10.6. The molecule has 0 aliphatic heterocycles. The fourth-order valence-electron chi connectivity index (χ4n) is 7.93. The zero-order valence-electron chi connectivity index (χ0n) is 42.2. The molecular formula is C53H32N4S. The number of hydrogen-bond donors (Lipinski definition) is 0. The van der Waals surface area contributed by atoms with Gasteiger partial charge in [-0.1, -0.05) is 151 Å². The first kappa shape index (κ1) is 22.9. The van der Waals surface area contributed by atoms with Crippen LogP contribution < -0.4 is 0 Å². The molecule has 0 N–H and O–H groups in total. The molecule has 5 heteroatoms. The van der Waals surface area contributed by atoms with Gasteiger partial charge in [0, 0.05) is 47.6 Å². The molecule has 0 fully saturated rings. The lowest BCUT2D eigenvalue weighted by atomic mass is 9.99. The van der Waals surface area contributed by atoms with Gasteiger partial charge in [0.05, 0.1) is 33.2 Å². The molecule has 0 spiro atoms. The van der Waals surface area contributed by atoms with E-state index >= 15 is 0 Å². The lowest BCUT2D eigenvalue weighted by Crippen LogP contribution is -2.03. The van der Waals surface area contributed by atoms with E-state index in [2.05, 4.69) is 18.2 Å². The first-order valence-corrected chi connectivity index (χ1v) is 19.3. The number of para-hydroxylation sites is 3. The molecular weight excluding hydrogens is 725 g/mol. The second-order valence-corrected chi connectivity index (χ2v) is 14.9. The highest BCUT2D eigenvalue weighted by Gasteiger charge is 2.20. The van der Waals surface area contributed by atoms with Gasteiger partial charge in [0.2, 0.25) is 0 Å². The van der Waals surface area contributed by atoms with Crippen LogP contribution in [0.5, 0.6) is 0 Å². The highest BCUT2D eigenvalue weighted by molar-refractivity contribution is 7.26. The SMILES string of the molecule is [2H]c1cc([2H])c2sc3c(-c4cccc(-c5nc(-c6ccc7c(ccc8ccccc87)c6)nc(-c6ccccc6-n6c7c([2H])cc([2H])c([2H])c7c7c([2H])c([2H])c([2H])c([2H])c76)n5)c4)cc([2H])c([2H])c3c2c1[2H]. The van der Waals surface area contributed by atoms with Gasteiger partial charge in [0.1, 0.15) is 0 Å². The maximum Gasteiger partial charge on any atom is 0.166 e. The van der Waals surface area contributed by atoms with E-state index in [0.717, 1.165) is 21.5 Å². The molecule has 9 aromatic carbocycles. The number of aromatic nitrogens is 4. The zero-order valence-corrected chi connectivity index (χ0v) is 31.1. The molecule has 4 nitrogen and oxygen atoms in total. The average Bonchev–Trinajstić information content (AvgIpc) is 3.96. The Bertz CT molecular complexity index is 4300. The van der Waals surface area contributed by atoms with Gasteiger partial charge in [-0.3, -0.25) is 0 Å². The van der Waals surface area contributed by atoms with Crippen LogP contribution in [-0.2, 0) is 0 Å². The Morgan fingerprint density at radius 1 is 0.414 bits per heavy atom. The minimum atomic E-state index is -0.504. The molecule has 12 rings (SSSR count). The third kappa shape index (κ3) is 5.18. The van der Waals surface area contributed by atoms with E-state index in [1.165, 1.54) is 23.5 Å². The molecule has 0 atom stereocenters. The monoisotopic (exact) mass is 768 g/mol. The van der Waals surface area contributed by atoms with Crippen LogP contribution in [0.15, 0.2) is 194 Å². The Labute approximate surface area is 354 Å². The molecule has 0 bridgehead atoms. The second kappa shape index (κ2) is 13.1. The van der Waals surface area contributed by atoms with Crippen molar-refractivity contribution in [1.29, 1.82) is 0 Å². The summed E-state index contributed by atoms with van der Waals surface area (Å²) in [6, 6.07) is 34.0. The van der Waals surface area contributed by atoms with Crippen molar-refractivity contribution in [2.24, 2.45) is 0 Å². The Morgan fingerprint density at radius 2 is 1.10 bits per heavy atom. The molecule has 0 saturated heterocycles. The summed E-state index contributed by atoms with van der Waals surface area (Å²) in [7, 11) is 0. The van der Waals surface area contributed by atoms with Gasteiger partial charge in [0.15, 0.2) is 17.5 Å². The van der Waals surface area contributed by atoms with E-state index in [0.29, 0.717) is 59.5 Å². The van der Waals surface area contributed by atoms with Crippen LogP contribution in [0, 0.1) is 0 Å². The predicted octanol–water partition coefficient (Wildman–Crippen LogP) is 14.3. The van der Waals surface area contributed by atoms with Crippen LogP contribution >= 0.6 is 11.3 Å². The smallest absolute Gasteiger partial charge is 0.166 e. The van der Waals surface area contributed by atoms with Crippen LogP contribution in [0.4, 0.5) is 0 Å². The first-order valence-electron chi connectivity index (χ1n) is 24.5. The van der Waals surface area contributed by atoms with Crippen molar-refractivity contribution in [2.75, 3.05) is 0 Å². The molecule has 12 aromatic rings. The Balaban J connectivity index is 1.12. The number of nitrogens with zero attached hydrogens (tertiary/aromatic N) is 4. The molecule has 270 valence electrons. The van der Waals surface area contributed by atoms with Gasteiger partial charge in [-0.25, -0.2) is 15.0 Å². The molecule has 3 heterocycles. The molecule has 0 unspecified atom stereocenters. The quantitative estimate of drug-likeness (QED) is 0.164. The summed E-state index contributed by atoms with van der Waals surface area (Å²) in [5.41, 5.74) is 3.38. The average molecular weight is 769 g/mol. The Kier molecular flexibility index (Phi) is 5.16. The number of fused-ring (bicyclic) bond motifs is 9. The van der Waals surface area contributed by atoms with Crippen LogP contribution in [0.25, 0.3) is 115 Å². The van der Waals surface area contributed by atoms with Crippen LogP contribution in [-0.4, -0.2) is 19.5 Å². The third-order valence-corrected chi connectivity index (χ3v) is 11.7. The first-order chi connectivity index (χ1) is 33.7. The van der Waals surface area contributed by atoms with Crippen LogP contribution in [0.1, 0.15) is 16.4 Å². The van der Waals surface area contributed by atoms with Crippen molar-refractivity contribution >= 4 is 74.9 Å². The summed E-state index contributed by atoms with van der Waals surface area (Å²) >= 11 is 1.25. The minimum Gasteiger partial charge on any atom is -0.309 e. The number of hydrogen-bond acceptors (Lipinski definition) is 4. The lowest BCUT2D eigenvalue weighted by Gasteiger charge is -2.15. The highest BCUT2D eigenvalue weighted by Crippen LogP contribution is 2.41. The maximum absolute atomic E-state index is 9.18. The summed E-state index contributed by atoms with van der Waals surface area (Å²) in [4.78, 5) is 15.3. The van der Waals surface area contributed by atoms with Gasteiger partial charge in [-0.2, -0.15) is 0 Å². The standard InChI is InChI=1S/C53H32N4S/c1-2-16-38-33(13-1)27-28-35-32-37(29-30-39(35)38)52-54-51(36-15-11-14-34(31-36)40-21-12-22-44-43-19-6-10-26-49(43)58-50(40)44)55-53(56-52)45-20-5-9-25-48(45)57-46-23-7-3-17-41(46)42-18-4-8-24-47(42)57/h1-32H/i3D,4D,6D,7D,12D,17D,18D,19D,22D,23D,24D,26D. The van der Waals surface area contributed by atoms with Crippen molar-refractivity contribution < 1.29 is 16.4 Å². The highest BCUT2D eigenvalue weighted by atomic mass is 32.1. The summed E-state index contributed by atoms with van der Waals surface area (Å²) < 4.78 is 108. The van der Waals surface area contributed by atoms with E-state index in [-0.39, 0.29) is 87.8 Å². The number of thiophene rings is 1. The fourth-order valence-corrected chi connectivity index (χ4v) is 9.05. The van der Waals surface area contributed by atoms with Crippen molar-refractivity contribution in [3.63, 3.8) is 0 Å². The van der Waals surface area contributed by atoms with Crippen LogP contribution in [0.3, 0.4) is 0 Å². The topological polar surface area (TPSA) is 43.6 Å². The number of benzene rings is 9. The Morgan fingerprint density at radius 3 is 2.03 bits per heavy atom. The fraction of sp³-hybridized carbons (Fsp3) is 0. The van der Waals surface area contributed by atoms with Crippen molar-refractivity contribution in [3.05, 3.63) is 194 Å². The summed E-state index contributed by atoms with van der Waals surface area (Å²) in [6.45, 7) is 0. The zero-order chi connectivity index (χ0) is 48.6. The Hall–Kier alpha value is -7.47. The van der Waals surface area contributed by atoms with E-state index < -0.39 is 18.1 Å². The maximum atomic E-state index is 9.18. The lowest BCUT2D eigenvalue weighted by molar-refractivity contribution is 1.06. The van der Waals surface area contributed by atoms with Crippen molar-refractivity contribution in [1.82, 2.24) is 19.5 Å². The molecule has 3 aromatic heterocycles. The van der Waals surface area contributed by atoms with E-state index in [1.807, 2.05) is 60.7 Å². The molecule has 0 saturated carbocycles. The summed E-state index contributed by atoms with van der Waals surface area (Å²) in [5, 5.41) is 4.87. The molecule has 0 amide bonds. The van der Waals surface area contributed by atoms with Gasteiger partial charge >= 0.3 is 0 Å². The van der Waals surface area contributed by atoms with Gasteiger partial charge in [-0.15, -0.1) is 11.3 Å². The van der Waals surface area contributed by atoms with Gasteiger partial charge < -0.3 is 4.57 Å². The van der Waals surface area contributed by atoms with E-state index in [4.69, 9.17) is 30.0 Å². The van der Waals surface area contributed by atoms with Crippen molar-refractivity contribution in [2.45, 2.75) is 0 Å². The molecule has 0 radical (unpaired) electrons. The van der Waals surface area contributed by atoms with Crippen molar-refractivity contribution in [3.8, 4) is 51.0 Å². The van der Waals surface area contributed by atoms with Crippen LogP contribution in [0.2, 0.25) is 0 Å². The van der Waals surface area contributed by atoms with Gasteiger partial charge in [0.25, 0.3) is 0 Å². The largest absolute Gasteiger partial charge is 0.309 e. The molecule has 0 aliphatic rings. The minimum absolute atomic E-state index is 0.0148. The van der Waals surface area contributed by atoms with E-state index in [9.17, 15) is 1.37 Å². The predicted molar refractivity (Wildman–Crippen MR) is 244 cm³/mol. The normalized spacial score (nSPS) is 14.7. The van der Waals surface area contributed by atoms with Gasteiger partial charge in [-0.05, 0) is 75.1 Å². The molecule has 0 aliphatic carbocycles. The second-order valence-electron chi connectivity index (χ2n) is 13.9. The summed E-state index contributed by atoms with van der Waals surface area (Å²) in [6.07, 6.45) is 0. The number of rotatable bonds is 5.